The third-order valence-corrected chi connectivity index (χ3v) is 10.8. The first kappa shape index (κ1) is 30.4. The van der Waals surface area contributed by atoms with Crippen molar-refractivity contribution in [2.45, 2.75) is 41.9 Å². The van der Waals surface area contributed by atoms with Crippen LogP contribution in [0.3, 0.4) is 0 Å². The van der Waals surface area contributed by atoms with E-state index in [4.69, 9.17) is 21.1 Å². The van der Waals surface area contributed by atoms with Crippen LogP contribution < -0.4 is 5.32 Å². The monoisotopic (exact) mass is 613 g/mol. The molecule has 2 saturated heterocycles. The highest BCUT2D eigenvalue weighted by atomic mass is 35.5. The number of rotatable bonds is 10. The van der Waals surface area contributed by atoms with E-state index in [1.54, 1.807) is 12.1 Å². The number of ether oxygens (including phenoxy) is 2. The maximum atomic E-state index is 12.9. The van der Waals surface area contributed by atoms with Crippen molar-refractivity contribution in [1.82, 2.24) is 8.61 Å². The molecule has 0 radical (unpaired) electrons. The molecule has 0 saturated carbocycles. The van der Waals surface area contributed by atoms with E-state index in [0.717, 1.165) is 24.8 Å². The molecule has 2 heterocycles. The molecule has 2 aliphatic rings. The number of halogens is 1. The number of nitrogens with one attached hydrogen (secondary N) is 1. The second-order valence-electron chi connectivity index (χ2n) is 9.48. The molecule has 2 aromatic rings. The molecule has 2 aromatic carbocycles. The summed E-state index contributed by atoms with van der Waals surface area (Å²) in [7, 11) is -7.32. The van der Waals surface area contributed by atoms with Gasteiger partial charge in [0.15, 0.2) is 6.61 Å². The molecule has 0 spiro atoms. The topological polar surface area (TPSA) is 139 Å². The zero-order valence-corrected chi connectivity index (χ0v) is 24.3. The van der Waals surface area contributed by atoms with Crippen LogP contribution in [0.25, 0.3) is 0 Å². The van der Waals surface area contributed by atoms with Crippen LogP contribution in [0.4, 0.5) is 5.69 Å². The number of morpholine rings is 1. The minimum absolute atomic E-state index is 0.0207. The molecule has 2 fully saturated rings. The Bertz CT molecular complexity index is 1420. The van der Waals surface area contributed by atoms with Crippen LogP contribution in [0, 0.1) is 0 Å². The Kier molecular flexibility index (Phi) is 10.2. The molecule has 1 N–H and O–H groups in total. The number of anilines is 1. The highest BCUT2D eigenvalue weighted by molar-refractivity contribution is 7.89. The Morgan fingerprint density at radius 3 is 2.12 bits per heavy atom. The van der Waals surface area contributed by atoms with Gasteiger partial charge in [0.05, 0.1) is 33.7 Å². The number of sulfonamides is 2. The highest BCUT2D eigenvalue weighted by Gasteiger charge is 2.27. The van der Waals surface area contributed by atoms with E-state index in [1.165, 1.54) is 38.9 Å². The van der Waals surface area contributed by atoms with E-state index in [0.29, 0.717) is 45.8 Å². The predicted octanol–water partition coefficient (Wildman–Crippen LogP) is 2.65. The van der Waals surface area contributed by atoms with Gasteiger partial charge in [-0.25, -0.2) is 16.8 Å². The summed E-state index contributed by atoms with van der Waals surface area (Å²) in [5, 5.41) is 2.65. The summed E-state index contributed by atoms with van der Waals surface area (Å²) in [4.78, 5) is 24.8. The molecular weight excluding hydrogens is 582 g/mol. The molecule has 0 atom stereocenters. The van der Waals surface area contributed by atoms with Crippen molar-refractivity contribution < 1.29 is 35.9 Å². The molecule has 40 heavy (non-hydrogen) atoms. The van der Waals surface area contributed by atoms with Crippen LogP contribution in [-0.4, -0.2) is 83.3 Å². The molecule has 1 amide bonds. The lowest BCUT2D eigenvalue weighted by atomic mass is 10.1. The third-order valence-electron chi connectivity index (χ3n) is 6.68. The zero-order valence-electron chi connectivity index (χ0n) is 21.9. The number of carbonyl (C=O) groups is 2. The number of nitrogens with zero attached hydrogens (tertiary/aromatic N) is 2. The number of carbonyl (C=O) groups excluding carboxylic acids is 2. The molecule has 0 aliphatic carbocycles. The number of aryl methyl sites for hydroxylation is 1. The van der Waals surface area contributed by atoms with Crippen LogP contribution in [-0.2, 0) is 45.5 Å². The van der Waals surface area contributed by atoms with Crippen molar-refractivity contribution in [2.75, 3.05) is 51.3 Å². The Morgan fingerprint density at radius 1 is 0.850 bits per heavy atom. The van der Waals surface area contributed by atoms with Gasteiger partial charge in [-0.15, -0.1) is 0 Å². The summed E-state index contributed by atoms with van der Waals surface area (Å²) in [6, 6.07) is 10.4. The number of hydrogen-bond donors (Lipinski definition) is 1. The van der Waals surface area contributed by atoms with Crippen LogP contribution >= 0.6 is 11.6 Å². The van der Waals surface area contributed by atoms with Crippen molar-refractivity contribution in [2.24, 2.45) is 0 Å². The van der Waals surface area contributed by atoms with E-state index < -0.39 is 38.5 Å². The van der Waals surface area contributed by atoms with Crippen molar-refractivity contribution in [3.8, 4) is 0 Å². The number of esters is 1. The Hall–Kier alpha value is -2.55. The number of hydrogen-bond acceptors (Lipinski definition) is 8. The molecule has 0 aromatic heterocycles. The molecule has 11 nitrogen and oxygen atoms in total. The van der Waals surface area contributed by atoms with Crippen molar-refractivity contribution >= 4 is 49.2 Å². The van der Waals surface area contributed by atoms with Crippen LogP contribution in [0.2, 0.25) is 5.02 Å². The summed E-state index contributed by atoms with van der Waals surface area (Å²) < 4.78 is 64.4. The maximum absolute atomic E-state index is 12.9. The van der Waals surface area contributed by atoms with Crippen molar-refractivity contribution in [3.05, 3.63) is 53.1 Å². The summed E-state index contributed by atoms with van der Waals surface area (Å²) in [5.74, 6) is -1.28. The van der Waals surface area contributed by atoms with Crippen LogP contribution in [0.15, 0.2) is 52.3 Å². The highest BCUT2D eigenvalue weighted by Crippen LogP contribution is 2.28. The predicted molar refractivity (Wildman–Crippen MR) is 148 cm³/mol. The van der Waals surface area contributed by atoms with Gasteiger partial charge in [0, 0.05) is 32.6 Å². The number of benzene rings is 2. The van der Waals surface area contributed by atoms with Gasteiger partial charge in [-0.05, 0) is 55.2 Å². The Morgan fingerprint density at radius 2 is 1.45 bits per heavy atom. The lowest BCUT2D eigenvalue weighted by Crippen LogP contribution is -2.40. The molecule has 14 heteroatoms. The second-order valence-corrected chi connectivity index (χ2v) is 13.8. The average molecular weight is 614 g/mol. The summed E-state index contributed by atoms with van der Waals surface area (Å²) in [6.45, 7) is 1.64. The smallest absolute Gasteiger partial charge is 0.306 e. The lowest BCUT2D eigenvalue weighted by Gasteiger charge is -2.26. The standard InChI is InChI=1S/C26H32ClN3O8S2/c27-23-10-9-22(40(35,36)29-12-2-1-3-13-29)18-24(23)28-25(31)19-38-26(32)11-6-20-4-7-21(8-5-20)39(33,34)30-14-16-37-17-15-30/h4-5,7-10,18H,1-3,6,11-17,19H2,(H,28,31). The summed E-state index contributed by atoms with van der Waals surface area (Å²) >= 11 is 6.16. The molecule has 0 unspecified atom stereocenters. The quantitative estimate of drug-likeness (QED) is 0.404. The van der Waals surface area contributed by atoms with Gasteiger partial charge < -0.3 is 14.8 Å². The van der Waals surface area contributed by atoms with E-state index in [2.05, 4.69) is 5.32 Å². The van der Waals surface area contributed by atoms with E-state index >= 15 is 0 Å². The first-order valence-electron chi connectivity index (χ1n) is 13.0. The van der Waals surface area contributed by atoms with Gasteiger partial charge in [0.2, 0.25) is 20.0 Å². The molecule has 218 valence electrons. The minimum Gasteiger partial charge on any atom is -0.456 e. The van der Waals surface area contributed by atoms with Gasteiger partial charge in [0.1, 0.15) is 0 Å². The molecule has 2 aliphatic heterocycles. The fourth-order valence-electron chi connectivity index (χ4n) is 4.43. The summed E-state index contributed by atoms with van der Waals surface area (Å²) in [5.41, 5.74) is 0.841. The molecular formula is C26H32ClN3O8S2. The van der Waals surface area contributed by atoms with Gasteiger partial charge in [-0.3, -0.25) is 9.59 Å². The number of amides is 1. The first-order chi connectivity index (χ1) is 19.1. The Balaban J connectivity index is 1.26. The van der Waals surface area contributed by atoms with Crippen LogP contribution in [0.1, 0.15) is 31.2 Å². The van der Waals surface area contributed by atoms with E-state index in [9.17, 15) is 26.4 Å². The molecule has 0 bridgehead atoms. The SMILES string of the molecule is O=C(COC(=O)CCc1ccc(S(=O)(=O)N2CCOCC2)cc1)Nc1cc(S(=O)(=O)N2CCCCC2)ccc1Cl. The normalized spacial score (nSPS) is 17.3. The minimum atomic E-state index is -3.72. The summed E-state index contributed by atoms with van der Waals surface area (Å²) in [6.07, 6.45) is 2.85. The van der Waals surface area contributed by atoms with Gasteiger partial charge in [0.25, 0.3) is 5.91 Å². The van der Waals surface area contributed by atoms with Crippen molar-refractivity contribution in [3.63, 3.8) is 0 Å². The largest absolute Gasteiger partial charge is 0.456 e. The fraction of sp³-hybridized carbons (Fsp3) is 0.462. The first-order valence-corrected chi connectivity index (χ1v) is 16.3. The average Bonchev–Trinajstić information content (AvgIpc) is 2.97. The zero-order chi connectivity index (χ0) is 28.8. The maximum Gasteiger partial charge on any atom is 0.306 e. The number of piperidine rings is 1. The Labute approximate surface area is 239 Å². The van der Waals surface area contributed by atoms with Crippen molar-refractivity contribution in [1.29, 1.82) is 0 Å². The van der Waals surface area contributed by atoms with E-state index in [-0.39, 0.29) is 26.9 Å². The van der Waals surface area contributed by atoms with Gasteiger partial charge >= 0.3 is 5.97 Å². The van der Waals surface area contributed by atoms with E-state index in [1.807, 2.05) is 0 Å². The fourth-order valence-corrected chi connectivity index (χ4v) is 7.55. The second kappa shape index (κ2) is 13.4. The third kappa shape index (κ3) is 7.59. The lowest BCUT2D eigenvalue weighted by molar-refractivity contribution is -0.147. The van der Waals surface area contributed by atoms with Gasteiger partial charge in [-0.1, -0.05) is 30.2 Å². The molecule has 4 rings (SSSR count). The van der Waals surface area contributed by atoms with Gasteiger partial charge in [-0.2, -0.15) is 8.61 Å². The van der Waals surface area contributed by atoms with Crippen LogP contribution in [0.5, 0.6) is 0 Å².